The maximum atomic E-state index is 6.34. The van der Waals surface area contributed by atoms with E-state index >= 15 is 0 Å². The summed E-state index contributed by atoms with van der Waals surface area (Å²) in [4.78, 5) is 0. The van der Waals surface area contributed by atoms with Gasteiger partial charge in [0.15, 0.2) is 0 Å². The fraction of sp³-hybridized carbons (Fsp3) is 0.875. The summed E-state index contributed by atoms with van der Waals surface area (Å²) in [5.41, 5.74) is 6.34. The van der Waals surface area contributed by atoms with Gasteiger partial charge in [-0.3, -0.25) is 0 Å². The van der Waals surface area contributed by atoms with E-state index in [4.69, 9.17) is 12.2 Å². The zero-order chi connectivity index (χ0) is 12.1. The van der Waals surface area contributed by atoms with Gasteiger partial charge in [0.05, 0.1) is 0 Å². The average molecular weight is 233 g/mol. The van der Waals surface area contributed by atoms with Crippen LogP contribution in [0.5, 0.6) is 0 Å². The number of unbranched alkanes of at least 4 members (excludes halogenated alkanes) is 1. The fourth-order valence-electron chi connectivity index (χ4n) is 3.97. The molecule has 1 nitrogen and oxygen atoms in total. The Bertz CT molecular complexity index is 265. The van der Waals surface area contributed by atoms with E-state index < -0.39 is 0 Å². The predicted molar refractivity (Wildman–Crippen MR) is 73.4 cm³/mol. The Morgan fingerprint density at radius 2 is 1.88 bits per heavy atom. The van der Waals surface area contributed by atoms with E-state index in [0.717, 1.165) is 37.0 Å². The van der Waals surface area contributed by atoms with E-state index in [1.54, 1.807) is 0 Å². The molecule has 2 N–H and O–H groups in total. The van der Waals surface area contributed by atoms with Crippen LogP contribution >= 0.6 is 0 Å². The molecule has 4 atom stereocenters. The Labute approximate surface area is 107 Å². The molecule has 2 aliphatic carbocycles. The Balaban J connectivity index is 1.76. The summed E-state index contributed by atoms with van der Waals surface area (Å²) in [5, 5.41) is 0. The molecule has 2 fully saturated rings. The molecule has 17 heavy (non-hydrogen) atoms. The summed E-state index contributed by atoms with van der Waals surface area (Å²) in [6.07, 6.45) is 18.5. The molecular formula is C16H27N. The highest BCUT2D eigenvalue weighted by atomic mass is 14.7. The lowest BCUT2D eigenvalue weighted by atomic mass is 9.66. The molecule has 0 aromatic heterocycles. The van der Waals surface area contributed by atoms with Gasteiger partial charge in [0.1, 0.15) is 0 Å². The van der Waals surface area contributed by atoms with Crippen LogP contribution in [0, 0.1) is 30.1 Å². The SMILES string of the molecule is C#CCCCC(N)C1CCC2CCCCC2C1. The first kappa shape index (κ1) is 13.0. The van der Waals surface area contributed by atoms with Gasteiger partial charge in [-0.05, 0) is 49.9 Å². The van der Waals surface area contributed by atoms with Crippen molar-refractivity contribution in [3.8, 4) is 12.3 Å². The van der Waals surface area contributed by atoms with Gasteiger partial charge in [0.2, 0.25) is 0 Å². The summed E-state index contributed by atoms with van der Waals surface area (Å²) in [6, 6.07) is 0.409. The molecule has 2 aliphatic rings. The van der Waals surface area contributed by atoms with Crippen molar-refractivity contribution in [3.05, 3.63) is 0 Å². The number of nitrogens with two attached hydrogens (primary N) is 1. The van der Waals surface area contributed by atoms with E-state index in [1.807, 2.05) is 0 Å². The number of rotatable bonds is 4. The zero-order valence-corrected chi connectivity index (χ0v) is 11.0. The van der Waals surface area contributed by atoms with Gasteiger partial charge in [0.25, 0.3) is 0 Å². The molecule has 0 spiro atoms. The van der Waals surface area contributed by atoms with Crippen LogP contribution in [0.3, 0.4) is 0 Å². The van der Waals surface area contributed by atoms with E-state index in [0.29, 0.717) is 6.04 Å². The van der Waals surface area contributed by atoms with Crippen molar-refractivity contribution in [1.29, 1.82) is 0 Å². The number of hydrogen-bond acceptors (Lipinski definition) is 1. The van der Waals surface area contributed by atoms with Crippen LogP contribution in [0.15, 0.2) is 0 Å². The molecule has 2 rings (SSSR count). The van der Waals surface area contributed by atoms with Gasteiger partial charge < -0.3 is 5.73 Å². The van der Waals surface area contributed by atoms with Gasteiger partial charge in [-0.25, -0.2) is 0 Å². The van der Waals surface area contributed by atoms with E-state index in [2.05, 4.69) is 5.92 Å². The summed E-state index contributed by atoms with van der Waals surface area (Å²) in [7, 11) is 0. The summed E-state index contributed by atoms with van der Waals surface area (Å²) in [6.45, 7) is 0. The van der Waals surface area contributed by atoms with E-state index in [-0.39, 0.29) is 0 Å². The van der Waals surface area contributed by atoms with E-state index in [1.165, 1.54) is 44.9 Å². The number of terminal acetylenes is 1. The first-order valence-corrected chi connectivity index (χ1v) is 7.50. The van der Waals surface area contributed by atoms with Gasteiger partial charge in [-0.1, -0.05) is 25.7 Å². The normalized spacial score (nSPS) is 34.7. The lowest BCUT2D eigenvalue weighted by molar-refractivity contribution is 0.115. The van der Waals surface area contributed by atoms with Crippen LogP contribution in [0.2, 0.25) is 0 Å². The van der Waals surface area contributed by atoms with E-state index in [9.17, 15) is 0 Å². The fourth-order valence-corrected chi connectivity index (χ4v) is 3.97. The average Bonchev–Trinajstić information content (AvgIpc) is 2.38. The van der Waals surface area contributed by atoms with Crippen LogP contribution in [0.1, 0.15) is 64.2 Å². The Morgan fingerprint density at radius 3 is 2.65 bits per heavy atom. The standard InChI is InChI=1S/C16H27N/c1-2-3-4-9-16(17)15-11-10-13-7-5-6-8-14(13)12-15/h1,13-16H,3-12,17H2. The van der Waals surface area contributed by atoms with Crippen LogP contribution in [0.25, 0.3) is 0 Å². The Kier molecular flexibility index (Phi) is 4.92. The van der Waals surface area contributed by atoms with Crippen molar-refractivity contribution >= 4 is 0 Å². The molecule has 0 bridgehead atoms. The van der Waals surface area contributed by atoms with Crippen molar-refractivity contribution in [3.63, 3.8) is 0 Å². The summed E-state index contributed by atoms with van der Waals surface area (Å²) < 4.78 is 0. The monoisotopic (exact) mass is 233 g/mol. The minimum Gasteiger partial charge on any atom is -0.327 e. The third-order valence-electron chi connectivity index (χ3n) is 5.04. The van der Waals surface area contributed by atoms with Gasteiger partial charge in [0, 0.05) is 12.5 Å². The molecule has 0 amide bonds. The van der Waals surface area contributed by atoms with Crippen molar-refractivity contribution < 1.29 is 0 Å². The largest absolute Gasteiger partial charge is 0.327 e. The molecule has 0 radical (unpaired) electrons. The van der Waals surface area contributed by atoms with Crippen LogP contribution in [0.4, 0.5) is 0 Å². The maximum Gasteiger partial charge on any atom is 0.00866 e. The van der Waals surface area contributed by atoms with Gasteiger partial charge in [-0.2, -0.15) is 0 Å². The molecular weight excluding hydrogens is 206 g/mol. The number of hydrogen-bond donors (Lipinski definition) is 1. The van der Waals surface area contributed by atoms with Crippen LogP contribution in [-0.4, -0.2) is 6.04 Å². The highest BCUT2D eigenvalue weighted by Crippen LogP contribution is 2.43. The first-order valence-electron chi connectivity index (χ1n) is 7.50. The van der Waals surface area contributed by atoms with Crippen molar-refractivity contribution in [1.82, 2.24) is 0 Å². The third-order valence-corrected chi connectivity index (χ3v) is 5.04. The lowest BCUT2D eigenvalue weighted by Crippen LogP contribution is -2.37. The second kappa shape index (κ2) is 6.45. The Morgan fingerprint density at radius 1 is 1.12 bits per heavy atom. The molecule has 1 heteroatoms. The highest BCUT2D eigenvalue weighted by molar-refractivity contribution is 4.88. The van der Waals surface area contributed by atoms with Crippen molar-refractivity contribution in [2.75, 3.05) is 0 Å². The van der Waals surface area contributed by atoms with Crippen LogP contribution in [-0.2, 0) is 0 Å². The van der Waals surface area contributed by atoms with Crippen LogP contribution < -0.4 is 5.73 Å². The molecule has 0 aromatic rings. The summed E-state index contributed by atoms with van der Waals surface area (Å²) >= 11 is 0. The molecule has 0 aliphatic heterocycles. The van der Waals surface area contributed by atoms with Crippen molar-refractivity contribution in [2.45, 2.75) is 70.3 Å². The second-order valence-corrected chi connectivity index (χ2v) is 6.14. The Hall–Kier alpha value is -0.480. The molecule has 0 heterocycles. The van der Waals surface area contributed by atoms with Gasteiger partial charge in [-0.15, -0.1) is 12.3 Å². The molecule has 2 saturated carbocycles. The molecule has 0 aromatic carbocycles. The first-order chi connectivity index (χ1) is 8.31. The zero-order valence-electron chi connectivity index (χ0n) is 11.0. The predicted octanol–water partition coefficient (Wildman–Crippen LogP) is 3.72. The topological polar surface area (TPSA) is 26.0 Å². The smallest absolute Gasteiger partial charge is 0.00866 e. The second-order valence-electron chi connectivity index (χ2n) is 6.14. The van der Waals surface area contributed by atoms with Gasteiger partial charge >= 0.3 is 0 Å². The molecule has 0 saturated heterocycles. The highest BCUT2D eigenvalue weighted by Gasteiger charge is 2.33. The summed E-state index contributed by atoms with van der Waals surface area (Å²) in [5.74, 6) is 5.54. The van der Waals surface area contributed by atoms with Crippen molar-refractivity contribution in [2.24, 2.45) is 23.5 Å². The maximum absolute atomic E-state index is 6.34. The molecule has 4 unspecified atom stereocenters. The minimum absolute atomic E-state index is 0.409. The number of fused-ring (bicyclic) bond motifs is 1. The molecule has 96 valence electrons. The quantitative estimate of drug-likeness (QED) is 0.581. The third kappa shape index (κ3) is 3.49. The lowest BCUT2D eigenvalue weighted by Gasteiger charge is -2.41. The minimum atomic E-state index is 0.409.